The Morgan fingerprint density at radius 2 is 1.82 bits per heavy atom. The minimum Gasteiger partial charge on any atom is -0.495 e. The molecule has 1 unspecified atom stereocenters. The molecule has 4 aromatic rings. The zero-order chi connectivity index (χ0) is 31.7. The van der Waals surface area contributed by atoms with Crippen LogP contribution in [0.1, 0.15) is 18.5 Å². The molecule has 5 heterocycles. The highest BCUT2D eigenvalue weighted by atomic mass is 35.5. The van der Waals surface area contributed by atoms with Gasteiger partial charge in [0.15, 0.2) is 0 Å². The van der Waals surface area contributed by atoms with E-state index >= 15 is 0 Å². The van der Waals surface area contributed by atoms with Crippen molar-refractivity contribution in [1.82, 2.24) is 29.1 Å². The summed E-state index contributed by atoms with van der Waals surface area (Å²) in [5.41, 5.74) is 4.06. The Kier molecular flexibility index (Phi) is 9.37. The van der Waals surface area contributed by atoms with Crippen molar-refractivity contribution in [2.45, 2.75) is 25.3 Å². The quantitative estimate of drug-likeness (QED) is 0.233. The van der Waals surface area contributed by atoms with Crippen molar-refractivity contribution in [2.24, 2.45) is 0 Å². The molecule has 2 fully saturated rings. The molecule has 0 aliphatic carbocycles. The monoisotopic (exact) mass is 651 g/mol. The number of hydrogen-bond acceptors (Lipinski definition) is 8. The fourth-order valence-electron chi connectivity index (χ4n) is 6.37. The van der Waals surface area contributed by atoms with E-state index in [0.717, 1.165) is 98.7 Å². The number of pyridine rings is 2. The lowest BCUT2D eigenvalue weighted by atomic mass is 10.0. The zero-order valence-electron chi connectivity index (χ0n) is 26.0. The number of rotatable bonds is 10. The first-order chi connectivity index (χ1) is 21.8. The summed E-state index contributed by atoms with van der Waals surface area (Å²) in [6.45, 7) is 9.74. The highest BCUT2D eigenvalue weighted by Gasteiger charge is 2.24. The third-order valence-corrected chi connectivity index (χ3v) is 9.57. The third-order valence-electron chi connectivity index (χ3n) is 8.82. The number of piperazine rings is 1. The summed E-state index contributed by atoms with van der Waals surface area (Å²) in [6.07, 6.45) is 8.19. The van der Waals surface area contributed by atoms with Crippen LogP contribution in [0, 0.1) is 0 Å². The Balaban J connectivity index is 1.35. The predicted molar refractivity (Wildman–Crippen MR) is 180 cm³/mol. The number of ether oxygens (including phenoxy) is 2. The lowest BCUT2D eigenvalue weighted by molar-refractivity contribution is -0.127. The Hall–Kier alpha value is -3.57. The molecule has 2 aliphatic heterocycles. The number of likely N-dealkylation sites (N-methyl/N-ethyl adjacent to an activating group) is 1. The maximum atomic E-state index is 12.0. The van der Waals surface area contributed by atoms with E-state index in [1.165, 1.54) is 6.08 Å². The maximum Gasteiger partial charge on any atom is 0.246 e. The molecule has 1 aromatic carbocycles. The van der Waals surface area contributed by atoms with Crippen molar-refractivity contribution in [2.75, 3.05) is 72.4 Å². The molecule has 2 aliphatic rings. The van der Waals surface area contributed by atoms with Crippen molar-refractivity contribution in [1.29, 1.82) is 0 Å². The molecule has 3 aromatic heterocycles. The summed E-state index contributed by atoms with van der Waals surface area (Å²) in [7, 11) is 5.28. The smallest absolute Gasteiger partial charge is 0.246 e. The van der Waals surface area contributed by atoms with Crippen LogP contribution < -0.4 is 14.8 Å². The predicted octanol–water partition coefficient (Wildman–Crippen LogP) is 5.25. The van der Waals surface area contributed by atoms with Gasteiger partial charge in [-0.3, -0.25) is 14.1 Å². The van der Waals surface area contributed by atoms with E-state index < -0.39 is 0 Å². The number of aromatic nitrogens is 3. The molecule has 1 amide bonds. The van der Waals surface area contributed by atoms with E-state index in [2.05, 4.69) is 45.4 Å². The van der Waals surface area contributed by atoms with Crippen molar-refractivity contribution in [3.63, 3.8) is 0 Å². The van der Waals surface area contributed by atoms with E-state index in [1.807, 2.05) is 17.2 Å². The number of hydrogen-bond donors (Lipinski definition) is 1. The van der Waals surface area contributed by atoms with Gasteiger partial charge in [0.2, 0.25) is 5.91 Å². The molecule has 1 atom stereocenters. The molecule has 238 valence electrons. The van der Waals surface area contributed by atoms with Crippen LogP contribution in [0.4, 0.5) is 5.82 Å². The molecular formula is C33H39Cl2N7O3. The Bertz CT molecular complexity index is 1710. The van der Waals surface area contributed by atoms with E-state index in [-0.39, 0.29) is 5.91 Å². The fraction of sp³-hybridized carbons (Fsp3) is 0.424. The lowest BCUT2D eigenvalue weighted by Crippen LogP contribution is -2.48. The van der Waals surface area contributed by atoms with Crippen molar-refractivity contribution < 1.29 is 14.3 Å². The largest absolute Gasteiger partial charge is 0.495 e. The van der Waals surface area contributed by atoms with Crippen LogP contribution in [0.5, 0.6) is 11.5 Å². The molecule has 12 heteroatoms. The number of nitrogens with zero attached hydrogens (tertiary/aromatic N) is 6. The van der Waals surface area contributed by atoms with Crippen molar-refractivity contribution in [3.8, 4) is 22.6 Å². The normalized spacial score (nSPS) is 17.7. The number of likely N-dealkylation sites (tertiary alicyclic amines) is 1. The number of imidazole rings is 1. The topological polar surface area (TPSA) is 87.5 Å². The van der Waals surface area contributed by atoms with Gasteiger partial charge in [-0.25, -0.2) is 9.97 Å². The second-order valence-corrected chi connectivity index (χ2v) is 12.5. The summed E-state index contributed by atoms with van der Waals surface area (Å²) in [5.74, 6) is 1.76. The number of methoxy groups -OCH3 is 2. The number of amides is 1. The average Bonchev–Trinajstić information content (AvgIpc) is 3.67. The highest BCUT2D eigenvalue weighted by Crippen LogP contribution is 2.47. The number of carbonyl (C=O) groups excluding carboxylic acids is 1. The van der Waals surface area contributed by atoms with Gasteiger partial charge in [-0.1, -0.05) is 29.8 Å². The second kappa shape index (κ2) is 13.4. The maximum absolute atomic E-state index is 12.0. The van der Waals surface area contributed by atoms with Crippen molar-refractivity contribution in [3.05, 3.63) is 59.0 Å². The van der Waals surface area contributed by atoms with Gasteiger partial charge in [0.05, 0.1) is 35.5 Å². The fourth-order valence-corrected chi connectivity index (χ4v) is 7.07. The van der Waals surface area contributed by atoms with Crippen LogP contribution in [0.3, 0.4) is 0 Å². The molecular weight excluding hydrogens is 613 g/mol. The third kappa shape index (κ3) is 6.42. The summed E-state index contributed by atoms with van der Waals surface area (Å²) >= 11 is 13.8. The minimum atomic E-state index is 0.000352. The summed E-state index contributed by atoms with van der Waals surface area (Å²) in [6, 6.07) is 6.18. The molecule has 0 bridgehead atoms. The average molecular weight is 653 g/mol. The molecule has 2 saturated heterocycles. The molecule has 0 spiro atoms. The Labute approximate surface area is 273 Å². The zero-order valence-corrected chi connectivity index (χ0v) is 27.5. The van der Waals surface area contributed by atoms with Gasteiger partial charge in [0.1, 0.15) is 23.0 Å². The first-order valence-corrected chi connectivity index (χ1v) is 16.0. The Morgan fingerprint density at radius 1 is 1.09 bits per heavy atom. The van der Waals surface area contributed by atoms with E-state index in [4.69, 9.17) is 42.6 Å². The first kappa shape index (κ1) is 31.4. The lowest BCUT2D eigenvalue weighted by Gasteiger charge is -2.34. The number of nitrogens with one attached hydrogen (secondary N) is 1. The molecule has 45 heavy (non-hydrogen) atoms. The highest BCUT2D eigenvalue weighted by molar-refractivity contribution is 6.41. The number of carbonyl (C=O) groups is 1. The number of halogens is 2. The number of anilines is 1. The van der Waals surface area contributed by atoms with Gasteiger partial charge in [0, 0.05) is 79.8 Å². The van der Waals surface area contributed by atoms with E-state index in [0.29, 0.717) is 33.1 Å². The number of benzene rings is 1. The van der Waals surface area contributed by atoms with Crippen LogP contribution >= 0.6 is 23.2 Å². The summed E-state index contributed by atoms with van der Waals surface area (Å²) < 4.78 is 13.3. The van der Waals surface area contributed by atoms with E-state index in [1.54, 1.807) is 20.3 Å². The summed E-state index contributed by atoms with van der Waals surface area (Å²) in [5, 5.41) is 5.32. The van der Waals surface area contributed by atoms with Gasteiger partial charge in [-0.05, 0) is 51.5 Å². The van der Waals surface area contributed by atoms with Gasteiger partial charge in [-0.2, -0.15) is 0 Å². The van der Waals surface area contributed by atoms with Gasteiger partial charge >= 0.3 is 0 Å². The molecule has 1 N–H and O–H groups in total. The molecule has 0 radical (unpaired) electrons. The SMILES string of the molecule is C=CC(=O)N1CCN(CCCc2cn3c(n2)c(-c2c(Cl)c(OC)cc(OC)c2Cl)cc2cnc(NC4CCN(C)C4)cc23)CC1. The first-order valence-electron chi connectivity index (χ1n) is 15.3. The molecule has 6 rings (SSSR count). The summed E-state index contributed by atoms with van der Waals surface area (Å²) in [4.78, 5) is 28.4. The van der Waals surface area contributed by atoms with Crippen LogP contribution in [0.2, 0.25) is 10.0 Å². The van der Waals surface area contributed by atoms with Crippen LogP contribution in [-0.2, 0) is 11.2 Å². The van der Waals surface area contributed by atoms with Gasteiger partial charge in [-0.15, -0.1) is 0 Å². The number of aryl methyl sites for hydroxylation is 1. The Morgan fingerprint density at radius 3 is 2.47 bits per heavy atom. The second-order valence-electron chi connectivity index (χ2n) is 11.8. The van der Waals surface area contributed by atoms with Crippen molar-refractivity contribution >= 4 is 51.5 Å². The van der Waals surface area contributed by atoms with E-state index in [9.17, 15) is 4.79 Å². The minimum absolute atomic E-state index is 0.000352. The van der Waals surface area contributed by atoms with Gasteiger partial charge < -0.3 is 24.6 Å². The van der Waals surface area contributed by atoms with Gasteiger partial charge in [0.25, 0.3) is 0 Å². The van der Waals surface area contributed by atoms with Crippen LogP contribution in [-0.4, -0.2) is 108 Å². The van der Waals surface area contributed by atoms with Crippen LogP contribution in [0.25, 0.3) is 27.7 Å². The van der Waals surface area contributed by atoms with Crippen LogP contribution in [0.15, 0.2) is 43.2 Å². The molecule has 0 saturated carbocycles. The standard InChI is InChI=1S/C33H39Cl2N7O3/c1-5-29(43)41-13-11-40(12-14-41)9-6-7-22-20-42-25-16-28(37-23-8-10-39(2)19-23)36-18-21(25)15-24(33(42)38-22)30-31(34)26(44-3)17-27(45-4)32(30)35/h5,15-18,20,23H,1,6-14,19H2,2-4H3,(H,36,37). The molecule has 10 nitrogen and oxygen atoms in total. The number of fused-ring (bicyclic) bond motifs is 3.